The molecule has 0 fully saturated rings. The second-order valence-electron chi connectivity index (χ2n) is 5.62. The van der Waals surface area contributed by atoms with Crippen LogP contribution in [-0.4, -0.2) is 39.9 Å². The first-order chi connectivity index (χ1) is 13.6. The molecule has 0 saturated heterocycles. The van der Waals surface area contributed by atoms with E-state index in [4.69, 9.17) is 23.7 Å². The normalized spacial score (nSPS) is 10.2. The molecule has 0 radical (unpaired) electrons. The Balaban J connectivity index is 2.42. The molecule has 0 atom stereocenters. The molecule has 0 unspecified atom stereocenters. The summed E-state index contributed by atoms with van der Waals surface area (Å²) in [5.74, 6) is 2.19. The highest BCUT2D eigenvalue weighted by atomic mass is 16.5. The second kappa shape index (κ2) is 10.3. The van der Waals surface area contributed by atoms with Gasteiger partial charge in [-0.15, -0.1) is 0 Å². The summed E-state index contributed by atoms with van der Waals surface area (Å²) < 4.78 is 27.6. The average Bonchev–Trinajstić information content (AvgIpc) is 2.70. The number of hydrogen-bond acceptors (Lipinski definition) is 6. The fourth-order valence-corrected chi connectivity index (χ4v) is 2.63. The number of hydrogen-bond donors (Lipinski definition) is 1. The Morgan fingerprint density at radius 2 is 1.43 bits per heavy atom. The standard InChI is InChI=1S/C21H27NO6/c1-6-26-18-11-14(12-19(27-7-2)20(18)28-8-3)21(23)22-16-13-15(24-4)9-10-17(16)25-5/h9-13H,6-8H2,1-5H3,(H,22,23). The number of carbonyl (C=O) groups excluding carboxylic acids is 1. The summed E-state index contributed by atoms with van der Waals surface area (Å²) in [5, 5.41) is 2.85. The quantitative estimate of drug-likeness (QED) is 0.658. The summed E-state index contributed by atoms with van der Waals surface area (Å²) in [4.78, 5) is 12.9. The third kappa shape index (κ3) is 5.00. The topological polar surface area (TPSA) is 75.3 Å². The molecule has 152 valence electrons. The zero-order valence-electron chi connectivity index (χ0n) is 17.0. The van der Waals surface area contributed by atoms with Crippen LogP contribution in [0.5, 0.6) is 28.7 Å². The minimum atomic E-state index is -0.337. The van der Waals surface area contributed by atoms with Gasteiger partial charge < -0.3 is 29.0 Å². The van der Waals surface area contributed by atoms with Crippen LogP contribution in [0, 0.1) is 0 Å². The molecule has 0 spiro atoms. The summed E-state index contributed by atoms with van der Waals surface area (Å²) in [5.41, 5.74) is 0.872. The van der Waals surface area contributed by atoms with E-state index in [0.29, 0.717) is 59.8 Å². The molecular weight excluding hydrogens is 362 g/mol. The molecule has 28 heavy (non-hydrogen) atoms. The van der Waals surface area contributed by atoms with Crippen molar-refractivity contribution in [1.82, 2.24) is 0 Å². The summed E-state index contributed by atoms with van der Waals surface area (Å²) in [6.07, 6.45) is 0. The van der Waals surface area contributed by atoms with Gasteiger partial charge >= 0.3 is 0 Å². The number of benzene rings is 2. The highest BCUT2D eigenvalue weighted by Crippen LogP contribution is 2.39. The molecule has 1 amide bonds. The van der Waals surface area contributed by atoms with Crippen molar-refractivity contribution >= 4 is 11.6 Å². The molecule has 0 saturated carbocycles. The SMILES string of the molecule is CCOc1cc(C(=O)Nc2cc(OC)ccc2OC)cc(OCC)c1OCC. The summed E-state index contributed by atoms with van der Waals surface area (Å²) in [7, 11) is 3.09. The molecule has 2 aromatic rings. The van der Waals surface area contributed by atoms with Gasteiger partial charge in [0.2, 0.25) is 5.75 Å². The minimum Gasteiger partial charge on any atom is -0.497 e. The molecule has 0 bridgehead atoms. The average molecular weight is 389 g/mol. The molecular formula is C21H27NO6. The van der Waals surface area contributed by atoms with Crippen molar-refractivity contribution in [2.75, 3.05) is 39.4 Å². The summed E-state index contributed by atoms with van der Waals surface area (Å²) in [6, 6.07) is 8.45. The van der Waals surface area contributed by atoms with Crippen LogP contribution in [0.25, 0.3) is 0 Å². The minimum absolute atomic E-state index is 0.337. The van der Waals surface area contributed by atoms with E-state index in [0.717, 1.165) is 0 Å². The Hall–Kier alpha value is -3.09. The summed E-state index contributed by atoms with van der Waals surface area (Å²) in [6.45, 7) is 6.92. The highest BCUT2D eigenvalue weighted by molar-refractivity contribution is 6.06. The first-order valence-electron chi connectivity index (χ1n) is 9.17. The third-order valence-electron chi connectivity index (χ3n) is 3.83. The smallest absolute Gasteiger partial charge is 0.256 e. The molecule has 2 aromatic carbocycles. The van der Waals surface area contributed by atoms with E-state index in [2.05, 4.69) is 5.32 Å². The number of anilines is 1. The molecule has 0 aliphatic rings. The van der Waals surface area contributed by atoms with Gasteiger partial charge in [0, 0.05) is 11.6 Å². The van der Waals surface area contributed by atoms with Crippen molar-refractivity contribution in [2.45, 2.75) is 20.8 Å². The highest BCUT2D eigenvalue weighted by Gasteiger charge is 2.19. The lowest BCUT2D eigenvalue weighted by atomic mass is 10.1. The van der Waals surface area contributed by atoms with Crippen LogP contribution in [0.3, 0.4) is 0 Å². The maximum Gasteiger partial charge on any atom is 0.256 e. The van der Waals surface area contributed by atoms with Crippen LogP contribution in [0.1, 0.15) is 31.1 Å². The van der Waals surface area contributed by atoms with Gasteiger partial charge in [-0.3, -0.25) is 4.79 Å². The van der Waals surface area contributed by atoms with Crippen LogP contribution in [-0.2, 0) is 0 Å². The van der Waals surface area contributed by atoms with E-state index >= 15 is 0 Å². The molecule has 0 aromatic heterocycles. The molecule has 0 aliphatic carbocycles. The number of nitrogens with one attached hydrogen (secondary N) is 1. The van der Waals surface area contributed by atoms with Crippen molar-refractivity contribution in [1.29, 1.82) is 0 Å². The largest absolute Gasteiger partial charge is 0.497 e. The van der Waals surface area contributed by atoms with Crippen LogP contribution >= 0.6 is 0 Å². The Kier molecular flexibility index (Phi) is 7.80. The van der Waals surface area contributed by atoms with Gasteiger partial charge in [0.1, 0.15) is 11.5 Å². The van der Waals surface area contributed by atoms with Gasteiger partial charge in [0.25, 0.3) is 5.91 Å². The molecule has 1 N–H and O–H groups in total. The lowest BCUT2D eigenvalue weighted by Gasteiger charge is -2.17. The Morgan fingerprint density at radius 1 is 0.821 bits per heavy atom. The number of methoxy groups -OCH3 is 2. The van der Waals surface area contributed by atoms with E-state index in [9.17, 15) is 4.79 Å². The second-order valence-corrected chi connectivity index (χ2v) is 5.62. The van der Waals surface area contributed by atoms with Gasteiger partial charge in [-0.05, 0) is 45.0 Å². The van der Waals surface area contributed by atoms with Crippen molar-refractivity contribution in [2.24, 2.45) is 0 Å². The zero-order chi connectivity index (χ0) is 20.5. The first-order valence-corrected chi connectivity index (χ1v) is 9.17. The lowest BCUT2D eigenvalue weighted by molar-refractivity contribution is 0.102. The monoisotopic (exact) mass is 389 g/mol. The Morgan fingerprint density at radius 3 is 1.93 bits per heavy atom. The molecule has 7 nitrogen and oxygen atoms in total. The van der Waals surface area contributed by atoms with E-state index in [1.807, 2.05) is 20.8 Å². The van der Waals surface area contributed by atoms with Gasteiger partial charge in [-0.1, -0.05) is 0 Å². The number of rotatable bonds is 10. The molecule has 0 aliphatic heterocycles. The van der Waals surface area contributed by atoms with Crippen molar-refractivity contribution < 1.29 is 28.5 Å². The maximum absolute atomic E-state index is 12.9. The van der Waals surface area contributed by atoms with Gasteiger partial charge in [0.05, 0.1) is 39.7 Å². The van der Waals surface area contributed by atoms with Crippen molar-refractivity contribution in [3.8, 4) is 28.7 Å². The van der Waals surface area contributed by atoms with Crippen LogP contribution in [0.15, 0.2) is 30.3 Å². The Bertz CT molecular complexity index is 778. The van der Waals surface area contributed by atoms with E-state index < -0.39 is 0 Å². The van der Waals surface area contributed by atoms with E-state index in [1.54, 1.807) is 37.4 Å². The molecule has 2 rings (SSSR count). The van der Waals surface area contributed by atoms with Crippen LogP contribution < -0.4 is 29.0 Å². The van der Waals surface area contributed by atoms with Crippen molar-refractivity contribution in [3.05, 3.63) is 35.9 Å². The predicted octanol–water partition coefficient (Wildman–Crippen LogP) is 4.15. The lowest BCUT2D eigenvalue weighted by Crippen LogP contribution is -2.14. The predicted molar refractivity (Wildman–Crippen MR) is 107 cm³/mol. The number of amides is 1. The first kappa shape index (κ1) is 21.2. The van der Waals surface area contributed by atoms with Gasteiger partial charge in [-0.25, -0.2) is 0 Å². The van der Waals surface area contributed by atoms with Gasteiger partial charge in [-0.2, -0.15) is 0 Å². The van der Waals surface area contributed by atoms with E-state index in [-0.39, 0.29) is 5.91 Å². The molecule has 7 heteroatoms. The number of carbonyl (C=O) groups is 1. The number of ether oxygens (including phenoxy) is 5. The van der Waals surface area contributed by atoms with Gasteiger partial charge in [0.15, 0.2) is 11.5 Å². The Labute approximate surface area is 165 Å². The fourth-order valence-electron chi connectivity index (χ4n) is 2.63. The van der Waals surface area contributed by atoms with Crippen molar-refractivity contribution in [3.63, 3.8) is 0 Å². The van der Waals surface area contributed by atoms with E-state index in [1.165, 1.54) is 7.11 Å². The maximum atomic E-state index is 12.9. The van der Waals surface area contributed by atoms with Crippen LogP contribution in [0.4, 0.5) is 5.69 Å². The fraction of sp³-hybridized carbons (Fsp3) is 0.381. The van der Waals surface area contributed by atoms with Crippen LogP contribution in [0.2, 0.25) is 0 Å². The zero-order valence-corrected chi connectivity index (χ0v) is 17.0. The third-order valence-corrected chi connectivity index (χ3v) is 3.83. The molecule has 0 heterocycles. The summed E-state index contributed by atoms with van der Waals surface area (Å²) >= 11 is 0.